The van der Waals surface area contributed by atoms with Gasteiger partial charge in [0.1, 0.15) is 16.5 Å². The lowest BCUT2D eigenvalue weighted by Gasteiger charge is -2.15. The molecule has 0 amide bonds. The largest absolute Gasteiger partial charge is 0.495 e. The smallest absolute Gasteiger partial charge is 0.340 e. The fourth-order valence-electron chi connectivity index (χ4n) is 2.08. The van der Waals surface area contributed by atoms with Gasteiger partial charge in [0, 0.05) is 10.9 Å². The molecule has 0 spiro atoms. The van der Waals surface area contributed by atoms with Crippen LogP contribution in [-0.4, -0.2) is 32.4 Å². The van der Waals surface area contributed by atoms with E-state index in [4.69, 9.17) is 38.0 Å². The van der Waals surface area contributed by atoms with Crippen LogP contribution in [0.5, 0.6) is 11.5 Å². The summed E-state index contributed by atoms with van der Waals surface area (Å²) >= 11 is 12.9. The highest BCUT2D eigenvalue weighted by Gasteiger charge is 2.17. The molecule has 0 atom stereocenters. The molecule has 0 saturated carbocycles. The average Bonchev–Trinajstić information content (AvgIpc) is 2.94. The summed E-state index contributed by atoms with van der Waals surface area (Å²) in [7, 11) is 4.38. The number of anilines is 2. The Labute approximate surface area is 160 Å². The Hall–Kier alpha value is -2.03. The SMILES string of the molecule is COC(=O)c1cc(C)sc1NC(=S)Nc1cc(Cl)c(OC)cc1OC. The average molecular weight is 401 g/mol. The van der Waals surface area contributed by atoms with E-state index in [1.807, 2.05) is 6.92 Å². The van der Waals surface area contributed by atoms with Gasteiger partial charge in [0.05, 0.1) is 37.6 Å². The van der Waals surface area contributed by atoms with Gasteiger partial charge in [-0.1, -0.05) is 11.6 Å². The standard InChI is InChI=1S/C16H17ClN2O4S2/c1-8-5-9(15(20)23-4)14(25-8)19-16(24)18-11-6-10(17)12(21-2)7-13(11)22-3/h5-7H,1-4H3,(H2,18,19,24). The van der Waals surface area contributed by atoms with E-state index in [2.05, 4.69) is 10.6 Å². The molecular formula is C16H17ClN2O4S2. The molecule has 0 aliphatic heterocycles. The van der Waals surface area contributed by atoms with Crippen molar-refractivity contribution >= 4 is 56.9 Å². The van der Waals surface area contributed by atoms with Gasteiger partial charge in [0.25, 0.3) is 0 Å². The van der Waals surface area contributed by atoms with Crippen molar-refractivity contribution in [3.05, 3.63) is 33.7 Å². The van der Waals surface area contributed by atoms with Crippen molar-refractivity contribution in [1.82, 2.24) is 0 Å². The first kappa shape index (κ1) is 19.3. The lowest BCUT2D eigenvalue weighted by atomic mass is 10.2. The van der Waals surface area contributed by atoms with Crippen LogP contribution in [0.1, 0.15) is 15.2 Å². The highest BCUT2D eigenvalue weighted by atomic mass is 35.5. The van der Waals surface area contributed by atoms with Crippen LogP contribution in [-0.2, 0) is 4.74 Å². The highest BCUT2D eigenvalue weighted by molar-refractivity contribution is 7.80. The van der Waals surface area contributed by atoms with Crippen LogP contribution < -0.4 is 20.1 Å². The maximum absolute atomic E-state index is 11.8. The zero-order valence-electron chi connectivity index (χ0n) is 14.1. The van der Waals surface area contributed by atoms with Crippen molar-refractivity contribution in [2.45, 2.75) is 6.92 Å². The van der Waals surface area contributed by atoms with E-state index in [9.17, 15) is 4.79 Å². The van der Waals surface area contributed by atoms with Crippen molar-refractivity contribution in [2.24, 2.45) is 0 Å². The number of halogens is 1. The number of thiophene rings is 1. The molecule has 25 heavy (non-hydrogen) atoms. The van der Waals surface area contributed by atoms with Gasteiger partial charge in [-0.2, -0.15) is 0 Å². The molecule has 0 bridgehead atoms. The first-order valence-corrected chi connectivity index (χ1v) is 8.68. The summed E-state index contributed by atoms with van der Waals surface area (Å²) in [5.74, 6) is 0.575. The van der Waals surface area contributed by atoms with Gasteiger partial charge in [-0.05, 0) is 31.3 Å². The van der Waals surface area contributed by atoms with E-state index < -0.39 is 5.97 Å². The maximum Gasteiger partial charge on any atom is 0.340 e. The summed E-state index contributed by atoms with van der Waals surface area (Å²) in [6.07, 6.45) is 0. The third-order valence-electron chi connectivity index (χ3n) is 3.21. The second-order valence-corrected chi connectivity index (χ2v) is 6.93. The van der Waals surface area contributed by atoms with Crippen LogP contribution in [0.25, 0.3) is 0 Å². The van der Waals surface area contributed by atoms with Gasteiger partial charge in [-0.25, -0.2) is 4.79 Å². The van der Waals surface area contributed by atoms with Gasteiger partial charge >= 0.3 is 5.97 Å². The molecule has 134 valence electrons. The molecule has 0 fully saturated rings. The zero-order chi connectivity index (χ0) is 18.6. The number of hydrogen-bond acceptors (Lipinski definition) is 6. The summed E-state index contributed by atoms with van der Waals surface area (Å²) in [6.45, 7) is 1.89. The third kappa shape index (κ3) is 4.53. The fraction of sp³-hybridized carbons (Fsp3) is 0.250. The monoisotopic (exact) mass is 400 g/mol. The molecule has 6 nitrogen and oxygen atoms in total. The summed E-state index contributed by atoms with van der Waals surface area (Å²) in [6, 6.07) is 5.04. The van der Waals surface area contributed by atoms with E-state index in [1.54, 1.807) is 18.2 Å². The zero-order valence-corrected chi connectivity index (χ0v) is 16.4. The number of esters is 1. The molecule has 0 saturated heterocycles. The number of rotatable bonds is 5. The highest BCUT2D eigenvalue weighted by Crippen LogP contribution is 2.36. The number of carbonyl (C=O) groups excluding carboxylic acids is 1. The van der Waals surface area contributed by atoms with Gasteiger partial charge < -0.3 is 24.8 Å². The van der Waals surface area contributed by atoms with Crippen molar-refractivity contribution < 1.29 is 19.0 Å². The second-order valence-electron chi connectivity index (χ2n) is 4.86. The number of nitrogens with one attached hydrogen (secondary N) is 2. The van der Waals surface area contributed by atoms with Crippen LogP contribution in [0.2, 0.25) is 5.02 Å². The van der Waals surface area contributed by atoms with Gasteiger partial charge in [-0.15, -0.1) is 11.3 Å². The van der Waals surface area contributed by atoms with Crippen LogP contribution in [0.4, 0.5) is 10.7 Å². The van der Waals surface area contributed by atoms with Crippen LogP contribution in [0.3, 0.4) is 0 Å². The minimum Gasteiger partial charge on any atom is -0.495 e. The molecule has 0 aliphatic rings. The van der Waals surface area contributed by atoms with Crippen molar-refractivity contribution in [3.63, 3.8) is 0 Å². The fourth-order valence-corrected chi connectivity index (χ4v) is 3.50. The number of hydrogen-bond donors (Lipinski definition) is 2. The second kappa shape index (κ2) is 8.37. The van der Waals surface area contributed by atoms with E-state index in [1.165, 1.54) is 32.7 Å². The first-order valence-electron chi connectivity index (χ1n) is 7.07. The minimum absolute atomic E-state index is 0.284. The molecule has 0 unspecified atom stereocenters. The Morgan fingerprint density at radius 3 is 2.40 bits per heavy atom. The van der Waals surface area contributed by atoms with Crippen LogP contribution in [0.15, 0.2) is 18.2 Å². The third-order valence-corrected chi connectivity index (χ3v) is 4.68. The van der Waals surface area contributed by atoms with Gasteiger partial charge in [0.2, 0.25) is 0 Å². The quantitative estimate of drug-likeness (QED) is 0.572. The molecule has 1 aromatic heterocycles. The number of benzene rings is 1. The molecule has 1 heterocycles. The number of aryl methyl sites for hydroxylation is 1. The molecular weight excluding hydrogens is 384 g/mol. The molecule has 1 aromatic carbocycles. The van der Waals surface area contributed by atoms with Crippen molar-refractivity contribution in [1.29, 1.82) is 0 Å². The lowest BCUT2D eigenvalue weighted by molar-refractivity contribution is 0.0602. The maximum atomic E-state index is 11.8. The normalized spacial score (nSPS) is 10.1. The summed E-state index contributed by atoms with van der Waals surface area (Å²) in [5, 5.41) is 7.30. The summed E-state index contributed by atoms with van der Waals surface area (Å²) in [5.41, 5.74) is 0.993. The van der Waals surface area contributed by atoms with Gasteiger partial charge in [0.15, 0.2) is 5.11 Å². The number of ether oxygens (including phenoxy) is 3. The van der Waals surface area contributed by atoms with Gasteiger partial charge in [-0.3, -0.25) is 0 Å². The Morgan fingerprint density at radius 1 is 1.12 bits per heavy atom. The van der Waals surface area contributed by atoms with Crippen molar-refractivity contribution in [2.75, 3.05) is 32.0 Å². The van der Waals surface area contributed by atoms with E-state index in [0.29, 0.717) is 32.8 Å². The van der Waals surface area contributed by atoms with E-state index >= 15 is 0 Å². The Bertz CT molecular complexity index is 808. The Morgan fingerprint density at radius 2 is 1.80 bits per heavy atom. The van der Waals surface area contributed by atoms with Crippen LogP contribution >= 0.6 is 35.2 Å². The molecule has 9 heteroatoms. The minimum atomic E-state index is -0.431. The Kier molecular flexibility index (Phi) is 6.46. The number of carbonyl (C=O) groups is 1. The summed E-state index contributed by atoms with van der Waals surface area (Å²) < 4.78 is 15.3. The summed E-state index contributed by atoms with van der Waals surface area (Å²) in [4.78, 5) is 12.8. The lowest BCUT2D eigenvalue weighted by Crippen LogP contribution is -2.20. The first-order chi connectivity index (χ1) is 11.9. The predicted molar refractivity (Wildman–Crippen MR) is 105 cm³/mol. The Balaban J connectivity index is 2.21. The van der Waals surface area contributed by atoms with Crippen LogP contribution in [0, 0.1) is 6.92 Å². The molecule has 2 aromatic rings. The topological polar surface area (TPSA) is 68.8 Å². The molecule has 0 radical (unpaired) electrons. The van der Waals surface area contributed by atoms with E-state index in [0.717, 1.165) is 4.88 Å². The molecule has 0 aliphatic carbocycles. The molecule has 2 N–H and O–H groups in total. The van der Waals surface area contributed by atoms with E-state index in [-0.39, 0.29) is 5.11 Å². The predicted octanol–water partition coefficient (Wildman–Crippen LogP) is 4.32. The number of methoxy groups -OCH3 is 3. The number of thiocarbonyl (C=S) groups is 1. The van der Waals surface area contributed by atoms with Crippen molar-refractivity contribution in [3.8, 4) is 11.5 Å². The molecule has 2 rings (SSSR count).